The van der Waals surface area contributed by atoms with Crippen LogP contribution in [0.4, 0.5) is 0 Å². The van der Waals surface area contributed by atoms with Crippen LogP contribution in [-0.4, -0.2) is 67.3 Å². The fourth-order valence-corrected chi connectivity index (χ4v) is 4.44. The lowest BCUT2D eigenvalue weighted by molar-refractivity contribution is -0.0468. The van der Waals surface area contributed by atoms with Crippen molar-refractivity contribution in [1.82, 2.24) is 9.80 Å². The summed E-state index contributed by atoms with van der Waals surface area (Å²) < 4.78 is 6.47. The first kappa shape index (κ1) is 15.7. The van der Waals surface area contributed by atoms with E-state index in [1.54, 1.807) is 0 Å². The van der Waals surface area contributed by atoms with Gasteiger partial charge in [0.1, 0.15) is 0 Å². The van der Waals surface area contributed by atoms with Crippen LogP contribution in [0.5, 0.6) is 0 Å². The van der Waals surface area contributed by atoms with Gasteiger partial charge in [-0.1, -0.05) is 12.8 Å². The van der Waals surface area contributed by atoms with Crippen LogP contribution in [0.2, 0.25) is 0 Å². The van der Waals surface area contributed by atoms with Gasteiger partial charge in [0.15, 0.2) is 0 Å². The zero-order valence-electron chi connectivity index (χ0n) is 13.6. The predicted molar refractivity (Wildman–Crippen MR) is 86.5 cm³/mol. The van der Waals surface area contributed by atoms with Crippen molar-refractivity contribution in [2.75, 3.05) is 45.8 Å². The zero-order valence-corrected chi connectivity index (χ0v) is 13.6. The summed E-state index contributed by atoms with van der Waals surface area (Å²) >= 11 is 0. The maximum absolute atomic E-state index is 6.47. The van der Waals surface area contributed by atoms with E-state index in [4.69, 9.17) is 10.5 Å². The van der Waals surface area contributed by atoms with Gasteiger partial charge in [0.2, 0.25) is 0 Å². The third-order valence-electron chi connectivity index (χ3n) is 5.67. The van der Waals surface area contributed by atoms with Gasteiger partial charge >= 0.3 is 0 Å². The van der Waals surface area contributed by atoms with Crippen LogP contribution < -0.4 is 5.73 Å². The van der Waals surface area contributed by atoms with Crippen molar-refractivity contribution in [2.24, 2.45) is 5.73 Å². The van der Waals surface area contributed by atoms with Gasteiger partial charge < -0.3 is 15.4 Å². The van der Waals surface area contributed by atoms with E-state index in [1.165, 1.54) is 77.7 Å². The summed E-state index contributed by atoms with van der Waals surface area (Å²) in [6.07, 6.45) is 10.9. The summed E-state index contributed by atoms with van der Waals surface area (Å²) in [4.78, 5) is 5.22. The van der Waals surface area contributed by atoms with Crippen LogP contribution in [0.15, 0.2) is 0 Å². The first-order chi connectivity index (χ1) is 10.3. The molecule has 3 rings (SSSR count). The summed E-state index contributed by atoms with van der Waals surface area (Å²) in [7, 11) is 0. The molecule has 0 aromatic heterocycles. The molecule has 0 radical (unpaired) electrons. The van der Waals surface area contributed by atoms with Gasteiger partial charge in [0.25, 0.3) is 0 Å². The Labute approximate surface area is 130 Å². The Balaban J connectivity index is 1.41. The molecule has 4 heteroatoms. The Kier molecular flexibility index (Phi) is 5.54. The highest BCUT2D eigenvalue weighted by molar-refractivity contribution is 4.93. The average Bonchev–Trinajstić information content (AvgIpc) is 3.04. The quantitative estimate of drug-likeness (QED) is 0.840. The van der Waals surface area contributed by atoms with Crippen molar-refractivity contribution >= 4 is 0 Å². The second kappa shape index (κ2) is 7.40. The lowest BCUT2D eigenvalue weighted by Crippen LogP contribution is -2.37. The highest BCUT2D eigenvalue weighted by Gasteiger charge is 2.42. The lowest BCUT2D eigenvalue weighted by atomic mass is 9.98. The largest absolute Gasteiger partial charge is 0.370 e. The third kappa shape index (κ3) is 4.19. The summed E-state index contributed by atoms with van der Waals surface area (Å²) in [5.41, 5.74) is 5.92. The Morgan fingerprint density at radius 1 is 0.952 bits per heavy atom. The standard InChI is InChI=1S/C17H33N3O/c18-9-3-10-19-11-4-12-20(14-13-19)15-16-5-8-17(21-16)6-1-2-7-17/h16H,1-15,18H2. The van der Waals surface area contributed by atoms with Gasteiger partial charge in [0, 0.05) is 19.6 Å². The van der Waals surface area contributed by atoms with E-state index in [9.17, 15) is 0 Å². The molecule has 1 atom stereocenters. The van der Waals surface area contributed by atoms with Crippen molar-refractivity contribution in [3.05, 3.63) is 0 Å². The van der Waals surface area contributed by atoms with Crippen LogP contribution in [-0.2, 0) is 4.74 Å². The van der Waals surface area contributed by atoms with Gasteiger partial charge in [-0.15, -0.1) is 0 Å². The first-order valence-electron chi connectivity index (χ1n) is 9.12. The van der Waals surface area contributed by atoms with E-state index in [-0.39, 0.29) is 0 Å². The molecular formula is C17H33N3O. The molecule has 2 aliphatic heterocycles. The smallest absolute Gasteiger partial charge is 0.0710 e. The van der Waals surface area contributed by atoms with Gasteiger partial charge in [-0.25, -0.2) is 0 Å². The molecule has 2 heterocycles. The van der Waals surface area contributed by atoms with Gasteiger partial charge in [-0.05, 0) is 64.7 Å². The Bertz CT molecular complexity index is 317. The molecule has 1 saturated carbocycles. The zero-order chi connectivity index (χ0) is 14.5. The second-order valence-electron chi connectivity index (χ2n) is 7.31. The summed E-state index contributed by atoms with van der Waals surface area (Å²) in [6, 6.07) is 0. The van der Waals surface area contributed by atoms with Gasteiger partial charge in [0.05, 0.1) is 11.7 Å². The van der Waals surface area contributed by atoms with E-state index in [0.29, 0.717) is 11.7 Å². The molecule has 1 unspecified atom stereocenters. The van der Waals surface area contributed by atoms with E-state index in [0.717, 1.165) is 19.5 Å². The first-order valence-corrected chi connectivity index (χ1v) is 9.12. The maximum Gasteiger partial charge on any atom is 0.0710 e. The molecule has 0 bridgehead atoms. The molecule has 122 valence electrons. The molecule has 2 N–H and O–H groups in total. The van der Waals surface area contributed by atoms with E-state index >= 15 is 0 Å². The predicted octanol–water partition coefficient (Wildman–Crippen LogP) is 1.83. The lowest BCUT2D eigenvalue weighted by Gasteiger charge is -2.27. The number of hydrogen-bond acceptors (Lipinski definition) is 4. The SMILES string of the molecule is NCCCN1CCCN(CC2CCC3(CCCC3)O2)CC1. The number of nitrogens with two attached hydrogens (primary N) is 1. The van der Waals surface area contributed by atoms with Gasteiger partial charge in [-0.3, -0.25) is 4.90 Å². The molecule has 1 aliphatic carbocycles. The highest BCUT2D eigenvalue weighted by atomic mass is 16.5. The molecule has 0 aromatic carbocycles. The summed E-state index contributed by atoms with van der Waals surface area (Å²) in [5, 5.41) is 0. The van der Waals surface area contributed by atoms with Crippen LogP contribution in [0.3, 0.4) is 0 Å². The summed E-state index contributed by atoms with van der Waals surface area (Å²) in [5.74, 6) is 0. The molecule has 1 spiro atoms. The molecule has 3 aliphatic rings. The van der Waals surface area contributed by atoms with Crippen LogP contribution in [0.25, 0.3) is 0 Å². The number of ether oxygens (including phenoxy) is 1. The number of hydrogen-bond donors (Lipinski definition) is 1. The summed E-state index contributed by atoms with van der Waals surface area (Å²) in [6.45, 7) is 8.05. The van der Waals surface area contributed by atoms with Crippen molar-refractivity contribution in [3.63, 3.8) is 0 Å². The van der Waals surface area contributed by atoms with Crippen LogP contribution in [0.1, 0.15) is 51.4 Å². The van der Waals surface area contributed by atoms with E-state index in [2.05, 4.69) is 9.80 Å². The van der Waals surface area contributed by atoms with Crippen molar-refractivity contribution < 1.29 is 4.74 Å². The monoisotopic (exact) mass is 295 g/mol. The minimum Gasteiger partial charge on any atom is -0.370 e. The normalized spacial score (nSPS) is 31.0. The fraction of sp³-hybridized carbons (Fsp3) is 1.00. The highest BCUT2D eigenvalue weighted by Crippen LogP contribution is 2.43. The van der Waals surface area contributed by atoms with E-state index in [1.807, 2.05) is 0 Å². The second-order valence-corrected chi connectivity index (χ2v) is 7.31. The molecule has 2 saturated heterocycles. The number of nitrogens with zero attached hydrogens (tertiary/aromatic N) is 2. The van der Waals surface area contributed by atoms with Crippen LogP contribution >= 0.6 is 0 Å². The Morgan fingerprint density at radius 2 is 1.71 bits per heavy atom. The topological polar surface area (TPSA) is 41.7 Å². The minimum atomic E-state index is 0.295. The van der Waals surface area contributed by atoms with Gasteiger partial charge in [-0.2, -0.15) is 0 Å². The van der Waals surface area contributed by atoms with Crippen molar-refractivity contribution in [1.29, 1.82) is 0 Å². The fourth-order valence-electron chi connectivity index (χ4n) is 4.44. The molecule has 0 aromatic rings. The molecule has 3 fully saturated rings. The number of rotatable bonds is 5. The molecule has 0 amide bonds. The molecule has 4 nitrogen and oxygen atoms in total. The maximum atomic E-state index is 6.47. The van der Waals surface area contributed by atoms with Crippen LogP contribution in [0, 0.1) is 0 Å². The Morgan fingerprint density at radius 3 is 2.52 bits per heavy atom. The third-order valence-corrected chi connectivity index (χ3v) is 5.67. The van der Waals surface area contributed by atoms with Crippen molar-refractivity contribution in [3.8, 4) is 0 Å². The molecule has 21 heavy (non-hydrogen) atoms. The van der Waals surface area contributed by atoms with Crippen molar-refractivity contribution in [2.45, 2.75) is 63.1 Å². The minimum absolute atomic E-state index is 0.295. The van der Waals surface area contributed by atoms with E-state index < -0.39 is 0 Å². The Hall–Kier alpha value is -0.160. The molecular weight excluding hydrogens is 262 g/mol. The average molecular weight is 295 g/mol.